The zero-order valence-corrected chi connectivity index (χ0v) is 14.9. The highest BCUT2D eigenvalue weighted by Crippen LogP contribution is 2.08. The summed E-state index contributed by atoms with van der Waals surface area (Å²) in [5.41, 5.74) is 4.02. The van der Waals surface area contributed by atoms with E-state index in [9.17, 15) is 0 Å². The van der Waals surface area contributed by atoms with Crippen molar-refractivity contribution in [2.24, 2.45) is 0 Å². The van der Waals surface area contributed by atoms with Crippen LogP contribution in [0.15, 0.2) is 54.6 Å². The molecule has 3 nitrogen and oxygen atoms in total. The van der Waals surface area contributed by atoms with E-state index in [4.69, 9.17) is 12.2 Å². The molecule has 0 bridgehead atoms. The predicted molar refractivity (Wildman–Crippen MR) is 103 cm³/mol. The zero-order valence-electron chi connectivity index (χ0n) is 14.1. The quantitative estimate of drug-likeness (QED) is 0.703. The van der Waals surface area contributed by atoms with Gasteiger partial charge >= 0.3 is 0 Å². The number of nitrogens with one attached hydrogen (secondary N) is 3. The molecule has 1 aliphatic heterocycles. The van der Waals surface area contributed by atoms with Gasteiger partial charge in [-0.25, -0.2) is 0 Å². The number of rotatable bonds is 6. The number of hydrogen-bond donors (Lipinski definition) is 3. The first-order valence-corrected chi connectivity index (χ1v) is 9.18. The lowest BCUT2D eigenvalue weighted by molar-refractivity contribution is -0.901. The van der Waals surface area contributed by atoms with E-state index in [1.807, 2.05) is 18.2 Å². The smallest absolute Gasteiger partial charge is 0.166 e. The first-order valence-electron chi connectivity index (χ1n) is 8.77. The highest BCUT2D eigenvalue weighted by atomic mass is 32.1. The van der Waals surface area contributed by atoms with Crippen molar-refractivity contribution >= 4 is 17.3 Å². The van der Waals surface area contributed by atoms with Gasteiger partial charge in [0.2, 0.25) is 0 Å². The van der Waals surface area contributed by atoms with E-state index < -0.39 is 0 Å². The third kappa shape index (κ3) is 5.05. The summed E-state index contributed by atoms with van der Waals surface area (Å²) in [5.74, 6) is 0. The third-order valence-corrected chi connectivity index (χ3v) is 4.89. The average Bonchev–Trinajstić information content (AvgIpc) is 3.13. The number of hydrogen-bond acceptors (Lipinski definition) is 1. The Balaban J connectivity index is 1.49. The second-order valence-electron chi connectivity index (χ2n) is 6.42. The summed E-state index contributed by atoms with van der Waals surface area (Å²) < 4.78 is 0. The zero-order chi connectivity index (χ0) is 16.6. The summed E-state index contributed by atoms with van der Waals surface area (Å²) in [4.78, 5) is 1.70. The number of thiocarbonyl (C=S) groups is 1. The molecule has 4 heteroatoms. The average molecular weight is 341 g/mol. The van der Waals surface area contributed by atoms with E-state index in [0.717, 1.165) is 19.6 Å². The van der Waals surface area contributed by atoms with Crippen molar-refractivity contribution < 1.29 is 4.90 Å². The summed E-state index contributed by atoms with van der Waals surface area (Å²) in [7, 11) is 0. The first kappa shape index (κ1) is 16.9. The molecule has 126 valence electrons. The van der Waals surface area contributed by atoms with Crippen LogP contribution in [0.25, 0.3) is 0 Å². The summed E-state index contributed by atoms with van der Waals surface area (Å²) in [6.45, 7) is 5.27. The molecule has 2 aromatic carbocycles. The fourth-order valence-corrected chi connectivity index (χ4v) is 3.38. The fraction of sp³-hybridized carbons (Fsp3) is 0.350. The van der Waals surface area contributed by atoms with E-state index in [2.05, 4.69) is 47.0 Å². The molecule has 0 amide bonds. The maximum atomic E-state index is 5.41. The van der Waals surface area contributed by atoms with E-state index in [-0.39, 0.29) is 0 Å². The molecule has 0 aliphatic carbocycles. The number of quaternary nitrogens is 1. The van der Waals surface area contributed by atoms with Gasteiger partial charge in [-0.3, -0.25) is 0 Å². The molecular formula is C20H26N3S+. The summed E-state index contributed by atoms with van der Waals surface area (Å²) in [6, 6.07) is 19.0. The molecule has 3 rings (SSSR count). The molecule has 1 saturated heterocycles. The molecule has 1 heterocycles. The third-order valence-electron chi connectivity index (χ3n) is 4.60. The van der Waals surface area contributed by atoms with Crippen molar-refractivity contribution in [3.05, 3.63) is 71.3 Å². The van der Waals surface area contributed by atoms with Crippen LogP contribution in [0.1, 0.15) is 29.5 Å². The monoisotopic (exact) mass is 340 g/mol. The van der Waals surface area contributed by atoms with E-state index in [0.29, 0.717) is 5.11 Å². The molecule has 2 aromatic rings. The lowest BCUT2D eigenvalue weighted by atomic mass is 10.1. The van der Waals surface area contributed by atoms with Crippen LogP contribution in [-0.4, -0.2) is 18.2 Å². The largest absolute Gasteiger partial charge is 0.359 e. The molecule has 1 fully saturated rings. The molecule has 0 saturated carbocycles. The lowest BCUT2D eigenvalue weighted by Gasteiger charge is -2.16. The Morgan fingerprint density at radius 2 is 1.46 bits per heavy atom. The lowest BCUT2D eigenvalue weighted by Crippen LogP contribution is -3.08. The fourth-order valence-electron chi connectivity index (χ4n) is 3.24. The number of benzene rings is 2. The van der Waals surface area contributed by atoms with Gasteiger partial charge in [0, 0.05) is 31.5 Å². The van der Waals surface area contributed by atoms with Gasteiger partial charge in [0.05, 0.1) is 13.1 Å². The molecule has 0 aromatic heterocycles. The number of likely N-dealkylation sites (tertiary alicyclic amines) is 1. The first-order chi connectivity index (χ1) is 11.8. The minimum atomic E-state index is 0.710. The molecular weight excluding hydrogens is 314 g/mol. The Bertz CT molecular complexity index is 651. The molecule has 0 unspecified atom stereocenters. The van der Waals surface area contributed by atoms with Crippen molar-refractivity contribution in [3.63, 3.8) is 0 Å². The molecule has 0 spiro atoms. The maximum absolute atomic E-state index is 5.41. The normalized spacial score (nSPS) is 14.5. The van der Waals surface area contributed by atoms with Crippen molar-refractivity contribution in [2.45, 2.75) is 32.5 Å². The van der Waals surface area contributed by atoms with Crippen molar-refractivity contribution in [1.82, 2.24) is 10.6 Å². The van der Waals surface area contributed by atoms with Crippen LogP contribution in [0, 0.1) is 0 Å². The standard InChI is InChI=1S/C20H25N3S/c24-20(21-14-17-8-2-1-3-9-17)22-15-18-10-4-5-11-19(18)16-23-12-6-7-13-23/h1-5,8-11H,6-7,12-16H2,(H2,21,22,24)/p+1. The highest BCUT2D eigenvalue weighted by molar-refractivity contribution is 7.80. The maximum Gasteiger partial charge on any atom is 0.166 e. The SMILES string of the molecule is S=C(NCc1ccccc1)NCc1ccccc1C[NH+]1CCCC1. The van der Waals surface area contributed by atoms with Crippen LogP contribution in [0.2, 0.25) is 0 Å². The minimum absolute atomic E-state index is 0.710. The molecule has 3 N–H and O–H groups in total. The van der Waals surface area contributed by atoms with Gasteiger partial charge in [-0.05, 0) is 23.3 Å². The van der Waals surface area contributed by atoms with Gasteiger partial charge in [0.15, 0.2) is 5.11 Å². The highest BCUT2D eigenvalue weighted by Gasteiger charge is 2.16. The predicted octanol–water partition coefficient (Wildman–Crippen LogP) is 2.03. The van der Waals surface area contributed by atoms with Gasteiger partial charge in [-0.1, -0.05) is 54.6 Å². The topological polar surface area (TPSA) is 28.5 Å². The van der Waals surface area contributed by atoms with E-state index >= 15 is 0 Å². The van der Waals surface area contributed by atoms with Gasteiger partial charge in [0.25, 0.3) is 0 Å². The van der Waals surface area contributed by atoms with Crippen LogP contribution >= 0.6 is 12.2 Å². The second kappa shape index (κ2) is 8.81. The summed E-state index contributed by atoms with van der Waals surface area (Å²) >= 11 is 5.41. The van der Waals surface area contributed by atoms with Gasteiger partial charge < -0.3 is 15.5 Å². The van der Waals surface area contributed by atoms with Crippen LogP contribution < -0.4 is 15.5 Å². The van der Waals surface area contributed by atoms with Crippen molar-refractivity contribution in [2.75, 3.05) is 13.1 Å². The van der Waals surface area contributed by atoms with E-state index in [1.165, 1.54) is 42.6 Å². The second-order valence-corrected chi connectivity index (χ2v) is 6.83. The van der Waals surface area contributed by atoms with Gasteiger partial charge in [-0.15, -0.1) is 0 Å². The Hall–Kier alpha value is -1.91. The van der Waals surface area contributed by atoms with Crippen LogP contribution in [0.5, 0.6) is 0 Å². The molecule has 0 radical (unpaired) electrons. The summed E-state index contributed by atoms with van der Waals surface area (Å²) in [5, 5.41) is 7.33. The van der Waals surface area contributed by atoms with Gasteiger partial charge in [-0.2, -0.15) is 0 Å². The Labute approximate surface area is 150 Å². The molecule has 1 aliphatic rings. The molecule has 0 atom stereocenters. The Morgan fingerprint density at radius 3 is 2.21 bits per heavy atom. The van der Waals surface area contributed by atoms with Crippen LogP contribution in [0.3, 0.4) is 0 Å². The summed E-state index contributed by atoms with van der Waals surface area (Å²) in [6.07, 6.45) is 2.73. The van der Waals surface area contributed by atoms with Crippen LogP contribution in [-0.2, 0) is 19.6 Å². The van der Waals surface area contributed by atoms with E-state index in [1.54, 1.807) is 4.90 Å². The van der Waals surface area contributed by atoms with Crippen LogP contribution in [0.4, 0.5) is 0 Å². The Morgan fingerprint density at radius 1 is 0.833 bits per heavy atom. The minimum Gasteiger partial charge on any atom is -0.359 e. The van der Waals surface area contributed by atoms with Crippen molar-refractivity contribution in [1.29, 1.82) is 0 Å². The Kier molecular flexibility index (Phi) is 6.21. The van der Waals surface area contributed by atoms with Crippen molar-refractivity contribution in [3.8, 4) is 0 Å². The van der Waals surface area contributed by atoms with Gasteiger partial charge in [0.1, 0.15) is 6.54 Å². The molecule has 24 heavy (non-hydrogen) atoms.